The third kappa shape index (κ3) is 4.24. The summed E-state index contributed by atoms with van der Waals surface area (Å²) in [5, 5.41) is 9.02. The molecule has 0 spiro atoms. The van der Waals surface area contributed by atoms with Crippen LogP contribution in [0.4, 0.5) is 10.5 Å². The van der Waals surface area contributed by atoms with Crippen molar-refractivity contribution in [3.63, 3.8) is 0 Å². The van der Waals surface area contributed by atoms with Crippen molar-refractivity contribution in [3.05, 3.63) is 18.3 Å². The highest BCUT2D eigenvalue weighted by atomic mass is 16.6. The normalized spacial score (nSPS) is 18.2. The fourth-order valence-electron chi connectivity index (χ4n) is 2.34. The lowest BCUT2D eigenvalue weighted by Gasteiger charge is -2.28. The van der Waals surface area contributed by atoms with Gasteiger partial charge in [-0.15, -0.1) is 0 Å². The van der Waals surface area contributed by atoms with Crippen molar-refractivity contribution in [1.82, 2.24) is 9.88 Å². The van der Waals surface area contributed by atoms with Gasteiger partial charge in [0.1, 0.15) is 17.9 Å². The van der Waals surface area contributed by atoms with E-state index in [4.69, 9.17) is 14.7 Å². The van der Waals surface area contributed by atoms with Crippen LogP contribution >= 0.6 is 0 Å². The van der Waals surface area contributed by atoms with Gasteiger partial charge in [0.2, 0.25) is 5.88 Å². The number of pyridine rings is 1. The second kappa shape index (κ2) is 6.83. The zero-order chi connectivity index (χ0) is 16.2. The van der Waals surface area contributed by atoms with Crippen LogP contribution in [-0.2, 0) is 4.74 Å². The molecule has 1 aliphatic heterocycles. The number of ether oxygens (including phenoxy) is 2. The number of rotatable bonds is 4. The molecule has 2 rings (SSSR count). The highest BCUT2D eigenvalue weighted by molar-refractivity contribution is 5.69. The molecule has 0 unspecified atom stereocenters. The van der Waals surface area contributed by atoms with E-state index in [1.54, 1.807) is 23.2 Å². The van der Waals surface area contributed by atoms with Crippen LogP contribution in [0.25, 0.3) is 0 Å². The van der Waals surface area contributed by atoms with Crippen LogP contribution in [0.15, 0.2) is 18.3 Å². The largest absolute Gasteiger partial charge is 0.474 e. The van der Waals surface area contributed by atoms with Crippen LogP contribution in [0, 0.1) is 0 Å². The van der Waals surface area contributed by atoms with Crippen molar-refractivity contribution in [2.45, 2.75) is 45.3 Å². The van der Waals surface area contributed by atoms with E-state index in [0.717, 1.165) is 12.8 Å². The molecule has 0 aliphatic carbocycles. The van der Waals surface area contributed by atoms with Gasteiger partial charge in [-0.3, -0.25) is 10.7 Å². The van der Waals surface area contributed by atoms with Crippen LogP contribution in [0.5, 0.6) is 5.88 Å². The maximum atomic E-state index is 12.2. The number of amides is 1. The molecule has 1 aliphatic rings. The van der Waals surface area contributed by atoms with Crippen molar-refractivity contribution >= 4 is 11.8 Å². The standard InChI is InChI=1S/C15H23N3O4/c1-15(2,3)22-14(19)18-9-5-6-11(18)10-21-13-12(17-20)7-4-8-16-13/h4,7-8,11,17,20H,5-6,9-10H2,1-3H3/t11-/m0/s1. The first kappa shape index (κ1) is 16.4. The summed E-state index contributed by atoms with van der Waals surface area (Å²) in [6, 6.07) is 3.29. The number of aromatic nitrogens is 1. The second-order valence-corrected chi connectivity index (χ2v) is 6.25. The summed E-state index contributed by atoms with van der Waals surface area (Å²) < 4.78 is 11.1. The molecule has 2 heterocycles. The van der Waals surface area contributed by atoms with Gasteiger partial charge in [-0.2, -0.15) is 0 Å². The smallest absolute Gasteiger partial charge is 0.410 e. The molecule has 1 aromatic heterocycles. The molecule has 1 amide bonds. The molecule has 1 aromatic rings. The number of nitrogens with zero attached hydrogens (tertiary/aromatic N) is 2. The number of carbonyl (C=O) groups is 1. The second-order valence-electron chi connectivity index (χ2n) is 6.25. The minimum Gasteiger partial charge on any atom is -0.474 e. The zero-order valence-corrected chi connectivity index (χ0v) is 13.2. The molecule has 122 valence electrons. The van der Waals surface area contributed by atoms with Gasteiger partial charge in [-0.1, -0.05) is 0 Å². The zero-order valence-electron chi connectivity index (χ0n) is 13.2. The van der Waals surface area contributed by atoms with E-state index in [1.807, 2.05) is 26.3 Å². The lowest BCUT2D eigenvalue weighted by Crippen LogP contribution is -2.42. The van der Waals surface area contributed by atoms with Gasteiger partial charge < -0.3 is 14.4 Å². The van der Waals surface area contributed by atoms with E-state index in [-0.39, 0.29) is 12.1 Å². The summed E-state index contributed by atoms with van der Waals surface area (Å²) in [5.74, 6) is 0.307. The van der Waals surface area contributed by atoms with Gasteiger partial charge in [0, 0.05) is 12.7 Å². The monoisotopic (exact) mass is 309 g/mol. The Bertz CT molecular complexity index is 516. The van der Waals surface area contributed by atoms with Crippen LogP contribution in [-0.4, -0.2) is 46.0 Å². The molecule has 0 bridgehead atoms. The fourth-order valence-corrected chi connectivity index (χ4v) is 2.34. The van der Waals surface area contributed by atoms with Crippen molar-refractivity contribution in [2.24, 2.45) is 0 Å². The van der Waals surface area contributed by atoms with E-state index < -0.39 is 5.60 Å². The molecule has 7 nitrogen and oxygen atoms in total. The van der Waals surface area contributed by atoms with Gasteiger partial charge in [0.05, 0.1) is 6.04 Å². The molecule has 1 fully saturated rings. The lowest BCUT2D eigenvalue weighted by molar-refractivity contribution is 0.0186. The van der Waals surface area contributed by atoms with E-state index in [2.05, 4.69) is 4.98 Å². The number of anilines is 1. The SMILES string of the molecule is CC(C)(C)OC(=O)N1CCC[C@H]1COc1ncccc1NO. The molecule has 1 saturated heterocycles. The number of hydrogen-bond donors (Lipinski definition) is 2. The summed E-state index contributed by atoms with van der Waals surface area (Å²) >= 11 is 0. The summed E-state index contributed by atoms with van der Waals surface area (Å²) in [5.41, 5.74) is 1.92. The third-order valence-electron chi connectivity index (χ3n) is 3.31. The minimum absolute atomic E-state index is 0.0524. The molecule has 2 N–H and O–H groups in total. The average molecular weight is 309 g/mol. The Balaban J connectivity index is 1.95. The summed E-state index contributed by atoms with van der Waals surface area (Å²) in [6.45, 7) is 6.51. The van der Waals surface area contributed by atoms with Crippen LogP contribution in [0.3, 0.4) is 0 Å². The maximum absolute atomic E-state index is 12.2. The van der Waals surface area contributed by atoms with Gasteiger partial charge in [0.25, 0.3) is 0 Å². The van der Waals surface area contributed by atoms with Crippen molar-refractivity contribution in [2.75, 3.05) is 18.6 Å². The fraction of sp³-hybridized carbons (Fsp3) is 0.600. The predicted octanol–water partition coefficient (Wildman–Crippen LogP) is 2.66. The quantitative estimate of drug-likeness (QED) is 0.832. The third-order valence-corrected chi connectivity index (χ3v) is 3.31. The average Bonchev–Trinajstić information content (AvgIpc) is 2.92. The molecule has 0 saturated carbocycles. The van der Waals surface area contributed by atoms with Gasteiger partial charge in [-0.05, 0) is 45.7 Å². The molecule has 1 atom stereocenters. The number of nitrogens with one attached hydrogen (secondary N) is 1. The van der Waals surface area contributed by atoms with Gasteiger partial charge in [-0.25, -0.2) is 9.78 Å². The van der Waals surface area contributed by atoms with E-state index in [0.29, 0.717) is 24.7 Å². The number of likely N-dealkylation sites (tertiary alicyclic amines) is 1. The first-order chi connectivity index (χ1) is 10.4. The van der Waals surface area contributed by atoms with Crippen molar-refractivity contribution in [3.8, 4) is 5.88 Å². The summed E-state index contributed by atoms with van der Waals surface area (Å²) in [4.78, 5) is 17.9. The Hall–Kier alpha value is -2.02. The molecule has 7 heteroatoms. The highest BCUT2D eigenvalue weighted by Crippen LogP contribution is 2.24. The Labute approximate surface area is 130 Å². The Morgan fingerprint density at radius 2 is 2.32 bits per heavy atom. The Kier molecular flexibility index (Phi) is 5.07. The lowest BCUT2D eigenvalue weighted by atomic mass is 10.2. The van der Waals surface area contributed by atoms with Crippen molar-refractivity contribution < 1.29 is 19.5 Å². The van der Waals surface area contributed by atoms with Crippen LogP contribution in [0.1, 0.15) is 33.6 Å². The van der Waals surface area contributed by atoms with E-state index >= 15 is 0 Å². The molecular formula is C15H23N3O4. The molecule has 22 heavy (non-hydrogen) atoms. The minimum atomic E-state index is -0.514. The Morgan fingerprint density at radius 3 is 3.00 bits per heavy atom. The topological polar surface area (TPSA) is 83.9 Å². The number of carbonyl (C=O) groups excluding carboxylic acids is 1. The van der Waals surface area contributed by atoms with E-state index in [1.165, 1.54) is 0 Å². The first-order valence-electron chi connectivity index (χ1n) is 7.38. The summed E-state index contributed by atoms with van der Waals surface area (Å²) in [7, 11) is 0. The Morgan fingerprint density at radius 1 is 1.55 bits per heavy atom. The van der Waals surface area contributed by atoms with Gasteiger partial charge >= 0.3 is 6.09 Å². The van der Waals surface area contributed by atoms with Crippen LogP contribution < -0.4 is 10.2 Å². The number of hydrogen-bond acceptors (Lipinski definition) is 6. The predicted molar refractivity (Wildman–Crippen MR) is 81.1 cm³/mol. The van der Waals surface area contributed by atoms with E-state index in [9.17, 15) is 4.79 Å². The maximum Gasteiger partial charge on any atom is 0.410 e. The molecular weight excluding hydrogens is 286 g/mol. The van der Waals surface area contributed by atoms with Gasteiger partial charge in [0.15, 0.2) is 0 Å². The first-order valence-corrected chi connectivity index (χ1v) is 7.38. The molecule has 0 radical (unpaired) electrons. The van der Waals surface area contributed by atoms with Crippen LogP contribution in [0.2, 0.25) is 0 Å². The van der Waals surface area contributed by atoms with Crippen molar-refractivity contribution in [1.29, 1.82) is 0 Å². The summed E-state index contributed by atoms with van der Waals surface area (Å²) in [6.07, 6.45) is 3.03. The highest BCUT2D eigenvalue weighted by Gasteiger charge is 2.32. The molecule has 0 aromatic carbocycles.